The number of carboxylic acid groups (broad SMARTS) is 2. The Kier molecular flexibility index (Phi) is 7.71. The molecule has 1 unspecified atom stereocenters. The van der Waals surface area contributed by atoms with E-state index in [2.05, 4.69) is 27.8 Å². The third-order valence-corrected chi connectivity index (χ3v) is 6.94. The predicted molar refractivity (Wildman–Crippen MR) is 133 cm³/mol. The quantitative estimate of drug-likeness (QED) is 0.391. The molecule has 1 fully saturated rings. The van der Waals surface area contributed by atoms with Crippen molar-refractivity contribution in [1.29, 1.82) is 0 Å². The summed E-state index contributed by atoms with van der Waals surface area (Å²) in [6.07, 6.45) is 3.67. The second kappa shape index (κ2) is 10.9. The van der Waals surface area contributed by atoms with Gasteiger partial charge in [0.25, 0.3) is 0 Å². The fraction of sp³-hybridized carbons (Fsp3) is 0.370. The molecule has 0 aromatic heterocycles. The Morgan fingerprint density at radius 1 is 1.14 bits per heavy atom. The first kappa shape index (κ1) is 25.4. The number of hydrogen-bond donors (Lipinski definition) is 4. The summed E-state index contributed by atoms with van der Waals surface area (Å²) < 4.78 is 0. The molecule has 2 heterocycles. The van der Waals surface area contributed by atoms with Crippen molar-refractivity contribution in [2.75, 3.05) is 18.4 Å². The van der Waals surface area contributed by atoms with Crippen LogP contribution < -0.4 is 15.6 Å². The average molecular weight is 494 g/mol. The van der Waals surface area contributed by atoms with Gasteiger partial charge in [-0.2, -0.15) is 0 Å². The van der Waals surface area contributed by atoms with Gasteiger partial charge in [0.15, 0.2) is 5.75 Å². The second-order valence-corrected chi connectivity index (χ2v) is 9.45. The van der Waals surface area contributed by atoms with Gasteiger partial charge >= 0.3 is 11.9 Å². The summed E-state index contributed by atoms with van der Waals surface area (Å²) in [7, 11) is 0. The first-order chi connectivity index (χ1) is 17.3. The van der Waals surface area contributed by atoms with Crippen molar-refractivity contribution in [2.24, 2.45) is 5.92 Å². The highest BCUT2D eigenvalue weighted by Gasteiger charge is 2.47. The van der Waals surface area contributed by atoms with Crippen molar-refractivity contribution in [1.82, 2.24) is 10.4 Å². The number of hydroxylamine groups is 1. The highest BCUT2D eigenvalue weighted by atomic mass is 16.7. The van der Waals surface area contributed by atoms with E-state index in [0.29, 0.717) is 35.8 Å². The lowest BCUT2D eigenvalue weighted by Gasteiger charge is -2.35. The van der Waals surface area contributed by atoms with Gasteiger partial charge < -0.3 is 20.4 Å². The van der Waals surface area contributed by atoms with Gasteiger partial charge in [0, 0.05) is 30.8 Å². The number of nitrogens with zero attached hydrogens (tertiary/aromatic N) is 1. The minimum absolute atomic E-state index is 0.269. The molecule has 36 heavy (non-hydrogen) atoms. The molecule has 0 aliphatic carbocycles. The van der Waals surface area contributed by atoms with Gasteiger partial charge in [0.05, 0.1) is 5.57 Å². The number of carboxylic acids is 2. The monoisotopic (exact) mass is 493 g/mol. The molecular weight excluding hydrogens is 462 g/mol. The Hall–Kier alpha value is -3.69. The second-order valence-electron chi connectivity index (χ2n) is 9.45. The largest absolute Gasteiger partial charge is 0.478 e. The van der Waals surface area contributed by atoms with Gasteiger partial charge in [-0.05, 0) is 68.5 Å². The first-order valence-electron chi connectivity index (χ1n) is 12.1. The van der Waals surface area contributed by atoms with Crippen LogP contribution in [-0.2, 0) is 26.5 Å². The summed E-state index contributed by atoms with van der Waals surface area (Å²) >= 11 is 0. The Labute approximate surface area is 209 Å². The zero-order valence-corrected chi connectivity index (χ0v) is 20.2. The molecule has 4 N–H and O–H groups in total. The molecule has 2 aromatic rings. The number of nitrogens with one attached hydrogen (secondary N) is 2. The number of anilines is 1. The lowest BCUT2D eigenvalue weighted by molar-refractivity contribution is -0.136. The van der Waals surface area contributed by atoms with E-state index in [4.69, 9.17) is 4.84 Å². The van der Waals surface area contributed by atoms with Crippen LogP contribution in [0.1, 0.15) is 43.7 Å². The molecule has 1 saturated heterocycles. The minimum atomic E-state index is -1.37. The van der Waals surface area contributed by atoms with Crippen LogP contribution in [0.15, 0.2) is 60.2 Å². The van der Waals surface area contributed by atoms with Crippen LogP contribution in [0.3, 0.4) is 0 Å². The first-order valence-corrected chi connectivity index (χ1v) is 12.1. The molecule has 2 aromatic carbocycles. The van der Waals surface area contributed by atoms with Crippen molar-refractivity contribution >= 4 is 23.5 Å². The molecule has 2 aliphatic heterocycles. The smallest absolute Gasteiger partial charge is 0.334 e. The summed E-state index contributed by atoms with van der Waals surface area (Å²) in [4.78, 5) is 43.5. The van der Waals surface area contributed by atoms with E-state index in [1.165, 1.54) is 12.5 Å². The zero-order chi connectivity index (χ0) is 25.7. The summed E-state index contributed by atoms with van der Waals surface area (Å²) in [5, 5.41) is 22.1. The third-order valence-electron chi connectivity index (χ3n) is 6.94. The zero-order valence-electron chi connectivity index (χ0n) is 20.2. The number of benzene rings is 2. The van der Waals surface area contributed by atoms with Crippen molar-refractivity contribution < 1.29 is 29.4 Å². The summed E-state index contributed by atoms with van der Waals surface area (Å²) in [6, 6.07) is 15.3. The maximum Gasteiger partial charge on any atom is 0.334 e. The Balaban J connectivity index is 1.54. The molecule has 0 radical (unpaired) electrons. The number of hydrogen-bond acceptors (Lipinski definition) is 6. The lowest BCUT2D eigenvalue weighted by Crippen LogP contribution is -2.44. The van der Waals surface area contributed by atoms with Gasteiger partial charge in [0.2, 0.25) is 5.91 Å². The number of aliphatic carboxylic acids is 2. The summed E-state index contributed by atoms with van der Waals surface area (Å²) in [5.41, 5.74) is 3.42. The molecule has 190 valence electrons. The van der Waals surface area contributed by atoms with Gasteiger partial charge in [-0.3, -0.25) is 9.69 Å². The number of likely N-dealkylation sites (tertiary alicyclic amines) is 1. The van der Waals surface area contributed by atoms with E-state index in [9.17, 15) is 24.6 Å². The fourth-order valence-corrected chi connectivity index (χ4v) is 5.14. The molecule has 2 aliphatic rings. The van der Waals surface area contributed by atoms with Gasteiger partial charge in [-0.1, -0.05) is 30.3 Å². The van der Waals surface area contributed by atoms with Crippen molar-refractivity contribution in [3.05, 3.63) is 71.3 Å². The van der Waals surface area contributed by atoms with E-state index in [0.717, 1.165) is 38.6 Å². The maximum atomic E-state index is 12.3. The summed E-state index contributed by atoms with van der Waals surface area (Å²) in [6.45, 7) is 4.16. The molecule has 0 bridgehead atoms. The molecule has 0 saturated carbocycles. The SMILES string of the molecule is CC(=O)Nc1ccc2c(c1)C(CCC1CCN(Cc3ccccc3)CC1)(/C(=C\C(=O)O)C(=O)O)NO2. The maximum absolute atomic E-state index is 12.3. The van der Waals surface area contributed by atoms with Gasteiger partial charge in [-0.15, -0.1) is 5.48 Å². The molecule has 4 rings (SSSR count). The highest BCUT2D eigenvalue weighted by molar-refractivity contribution is 5.97. The molecule has 9 nitrogen and oxygen atoms in total. The highest BCUT2D eigenvalue weighted by Crippen LogP contribution is 2.46. The van der Waals surface area contributed by atoms with E-state index >= 15 is 0 Å². The topological polar surface area (TPSA) is 128 Å². The van der Waals surface area contributed by atoms with E-state index in [-0.39, 0.29) is 11.5 Å². The van der Waals surface area contributed by atoms with Crippen molar-refractivity contribution in [3.63, 3.8) is 0 Å². The normalized spacial score (nSPS) is 20.4. The molecular formula is C27H31N3O6. The minimum Gasteiger partial charge on any atom is -0.478 e. The molecule has 1 atom stereocenters. The van der Waals surface area contributed by atoms with Crippen LogP contribution in [-0.4, -0.2) is 46.0 Å². The number of piperidine rings is 1. The lowest BCUT2D eigenvalue weighted by atomic mass is 9.76. The summed E-state index contributed by atoms with van der Waals surface area (Å²) in [5.74, 6) is -2.20. The number of amides is 1. The molecule has 0 spiro atoms. The van der Waals surface area contributed by atoms with Crippen LogP contribution in [0.5, 0.6) is 5.75 Å². The van der Waals surface area contributed by atoms with Crippen molar-refractivity contribution in [2.45, 2.75) is 44.7 Å². The molecule has 1 amide bonds. The number of rotatable bonds is 9. The van der Waals surface area contributed by atoms with Gasteiger partial charge in [-0.25, -0.2) is 9.59 Å². The molecule has 9 heteroatoms. The van der Waals surface area contributed by atoms with E-state index in [1.807, 2.05) is 18.2 Å². The van der Waals surface area contributed by atoms with Gasteiger partial charge in [0.1, 0.15) is 5.54 Å². The van der Waals surface area contributed by atoms with Crippen molar-refractivity contribution in [3.8, 4) is 5.75 Å². The van der Waals surface area contributed by atoms with Crippen LogP contribution >= 0.6 is 0 Å². The standard InChI is InChI=1S/C27H31N3O6/c1-18(31)28-21-7-8-24-22(15-21)27(29-36-24,23(26(34)35)16-25(32)33)12-9-19-10-13-30(14-11-19)17-20-5-3-2-4-6-20/h2-8,15-16,19,29H,9-14,17H2,1H3,(H,28,31)(H,32,33)(H,34,35)/b23-16-. The number of carbonyl (C=O) groups is 3. The van der Waals surface area contributed by atoms with Crippen LogP contribution in [0.25, 0.3) is 0 Å². The van der Waals surface area contributed by atoms with Crippen LogP contribution in [0.4, 0.5) is 5.69 Å². The predicted octanol–water partition coefficient (Wildman–Crippen LogP) is 3.53. The van der Waals surface area contributed by atoms with Crippen LogP contribution in [0, 0.1) is 5.92 Å². The third kappa shape index (κ3) is 5.75. The Morgan fingerprint density at radius 3 is 2.50 bits per heavy atom. The fourth-order valence-electron chi connectivity index (χ4n) is 5.14. The van der Waals surface area contributed by atoms with E-state index in [1.54, 1.807) is 18.2 Å². The van der Waals surface area contributed by atoms with Crippen LogP contribution in [0.2, 0.25) is 0 Å². The number of fused-ring (bicyclic) bond motifs is 1. The number of carbonyl (C=O) groups excluding carboxylic acids is 1. The van der Waals surface area contributed by atoms with E-state index < -0.39 is 17.5 Å². The Bertz CT molecular complexity index is 1160. The average Bonchev–Trinajstić information content (AvgIpc) is 3.21. The Morgan fingerprint density at radius 2 is 1.86 bits per heavy atom.